The van der Waals surface area contributed by atoms with Crippen molar-refractivity contribution in [3.8, 4) is 0 Å². The average Bonchev–Trinajstić information content (AvgIpc) is 2.63. The number of hydrogen-bond donors (Lipinski definition) is 0. The smallest absolute Gasteiger partial charge is 0.331 e. The summed E-state index contributed by atoms with van der Waals surface area (Å²) in [5.74, 6) is 0.194. The van der Waals surface area contributed by atoms with E-state index >= 15 is 0 Å². The Kier molecular flexibility index (Phi) is 5.66. The van der Waals surface area contributed by atoms with E-state index in [1.165, 1.54) is 18.2 Å². The monoisotopic (exact) mass is 360 g/mol. The highest BCUT2D eigenvalue weighted by Crippen LogP contribution is 2.21. The van der Waals surface area contributed by atoms with Gasteiger partial charge in [0.15, 0.2) is 0 Å². The molecule has 1 aromatic carbocycles. The topological polar surface area (TPSA) is 42.4 Å². The molecule has 4 nitrogen and oxygen atoms in total. The number of pyridine rings is 1. The maximum atomic E-state index is 12.8. The van der Waals surface area contributed by atoms with Crippen LogP contribution in [-0.2, 0) is 9.53 Å². The summed E-state index contributed by atoms with van der Waals surface area (Å²) in [6.45, 7) is 1.54. The second-order valence-corrected chi connectivity index (χ2v) is 6.28. The molecule has 0 spiro atoms. The fraction of sp³-hybridized carbons (Fsp3) is 0.263. The van der Waals surface area contributed by atoms with Gasteiger partial charge in [0.05, 0.1) is 5.02 Å². The molecule has 0 amide bonds. The summed E-state index contributed by atoms with van der Waals surface area (Å²) in [6, 6.07) is 9.63. The highest BCUT2D eigenvalue weighted by Gasteiger charge is 2.22. The molecule has 1 aliphatic heterocycles. The van der Waals surface area contributed by atoms with E-state index in [4.69, 9.17) is 16.3 Å². The Morgan fingerprint density at radius 3 is 2.56 bits per heavy atom. The Morgan fingerprint density at radius 1 is 1.20 bits per heavy atom. The maximum absolute atomic E-state index is 12.8. The molecule has 6 heteroatoms. The third-order valence-corrected chi connectivity index (χ3v) is 4.27. The number of esters is 1. The van der Waals surface area contributed by atoms with E-state index in [-0.39, 0.29) is 17.9 Å². The van der Waals surface area contributed by atoms with Crippen molar-refractivity contribution in [1.82, 2.24) is 4.98 Å². The van der Waals surface area contributed by atoms with E-state index in [0.717, 1.165) is 37.3 Å². The number of halogens is 2. The molecule has 1 fully saturated rings. The minimum atomic E-state index is -0.382. The number of benzene rings is 1. The van der Waals surface area contributed by atoms with Crippen molar-refractivity contribution in [2.24, 2.45) is 0 Å². The van der Waals surface area contributed by atoms with Gasteiger partial charge in [0, 0.05) is 38.2 Å². The lowest BCUT2D eigenvalue weighted by atomic mass is 10.1. The number of aromatic nitrogens is 1. The lowest BCUT2D eigenvalue weighted by Crippen LogP contribution is -2.38. The quantitative estimate of drug-likeness (QED) is 0.608. The second kappa shape index (κ2) is 8.12. The van der Waals surface area contributed by atoms with Crippen LogP contribution >= 0.6 is 11.6 Å². The molecule has 0 bridgehead atoms. The molecule has 0 unspecified atom stereocenters. The summed E-state index contributed by atoms with van der Waals surface area (Å²) in [7, 11) is 0. The largest absolute Gasteiger partial charge is 0.459 e. The van der Waals surface area contributed by atoms with Crippen LogP contribution in [0.3, 0.4) is 0 Å². The van der Waals surface area contributed by atoms with Gasteiger partial charge in [-0.3, -0.25) is 0 Å². The lowest BCUT2D eigenvalue weighted by molar-refractivity contribution is -0.143. The summed E-state index contributed by atoms with van der Waals surface area (Å²) in [6.07, 6.45) is 6.02. The van der Waals surface area contributed by atoms with Gasteiger partial charge in [-0.1, -0.05) is 23.7 Å². The fourth-order valence-corrected chi connectivity index (χ4v) is 2.81. The van der Waals surface area contributed by atoms with E-state index in [1.807, 2.05) is 12.1 Å². The molecule has 2 heterocycles. The van der Waals surface area contributed by atoms with Crippen molar-refractivity contribution < 1.29 is 13.9 Å². The third-order valence-electron chi connectivity index (χ3n) is 4.04. The molecule has 3 rings (SSSR count). The number of carbonyl (C=O) groups is 1. The Bertz CT molecular complexity index is 739. The zero-order chi connectivity index (χ0) is 17.6. The third kappa shape index (κ3) is 5.03. The first-order valence-corrected chi connectivity index (χ1v) is 8.49. The van der Waals surface area contributed by atoms with Crippen molar-refractivity contribution >= 4 is 29.5 Å². The molecule has 0 N–H and O–H groups in total. The van der Waals surface area contributed by atoms with Crippen molar-refractivity contribution in [3.63, 3.8) is 0 Å². The standard InChI is InChI=1S/C19H18ClFN2O2/c20-15-4-7-18(22-13-15)23-11-9-17(10-12-23)25-19(24)8-3-14-1-5-16(21)6-2-14/h1-8,13,17H,9-12H2. The van der Waals surface area contributed by atoms with Gasteiger partial charge < -0.3 is 9.64 Å². The molecular weight excluding hydrogens is 343 g/mol. The summed E-state index contributed by atoms with van der Waals surface area (Å²) in [5.41, 5.74) is 0.752. The van der Waals surface area contributed by atoms with E-state index in [2.05, 4.69) is 9.88 Å². The highest BCUT2D eigenvalue weighted by atomic mass is 35.5. The van der Waals surface area contributed by atoms with Gasteiger partial charge in [-0.25, -0.2) is 14.2 Å². The molecule has 0 atom stereocenters. The average molecular weight is 361 g/mol. The lowest BCUT2D eigenvalue weighted by Gasteiger charge is -2.32. The molecule has 0 radical (unpaired) electrons. The number of piperidine rings is 1. The van der Waals surface area contributed by atoms with E-state index in [0.29, 0.717) is 5.02 Å². The fourth-order valence-electron chi connectivity index (χ4n) is 2.70. The number of carbonyl (C=O) groups excluding carboxylic acids is 1. The molecule has 130 valence electrons. The first-order chi connectivity index (χ1) is 12.1. The molecule has 25 heavy (non-hydrogen) atoms. The Morgan fingerprint density at radius 2 is 1.92 bits per heavy atom. The van der Waals surface area contributed by atoms with Crippen LogP contribution < -0.4 is 4.90 Å². The summed E-state index contributed by atoms with van der Waals surface area (Å²) < 4.78 is 18.3. The molecule has 1 aliphatic rings. The molecule has 1 saturated heterocycles. The van der Waals surface area contributed by atoms with Crippen LogP contribution in [0.5, 0.6) is 0 Å². The van der Waals surface area contributed by atoms with E-state index in [1.54, 1.807) is 24.4 Å². The van der Waals surface area contributed by atoms with Gasteiger partial charge in [0.2, 0.25) is 0 Å². The zero-order valence-electron chi connectivity index (χ0n) is 13.6. The maximum Gasteiger partial charge on any atom is 0.331 e. The second-order valence-electron chi connectivity index (χ2n) is 5.84. The molecular formula is C19H18ClFN2O2. The number of nitrogens with zero attached hydrogens (tertiary/aromatic N) is 2. The first kappa shape index (κ1) is 17.4. The van der Waals surface area contributed by atoms with E-state index < -0.39 is 0 Å². The summed E-state index contributed by atoms with van der Waals surface area (Å²) >= 11 is 5.85. The van der Waals surface area contributed by atoms with Crippen LogP contribution in [0, 0.1) is 5.82 Å². The minimum absolute atomic E-state index is 0.103. The van der Waals surface area contributed by atoms with Crippen LogP contribution in [-0.4, -0.2) is 30.1 Å². The highest BCUT2D eigenvalue weighted by molar-refractivity contribution is 6.30. The SMILES string of the molecule is O=C(C=Cc1ccc(F)cc1)OC1CCN(c2ccc(Cl)cn2)CC1. The van der Waals surface area contributed by atoms with Crippen molar-refractivity contribution in [3.05, 3.63) is 65.1 Å². The van der Waals surface area contributed by atoms with Gasteiger partial charge in [-0.2, -0.15) is 0 Å². The zero-order valence-corrected chi connectivity index (χ0v) is 14.3. The molecule has 0 saturated carbocycles. The summed E-state index contributed by atoms with van der Waals surface area (Å²) in [5, 5.41) is 0.612. The Balaban J connectivity index is 1.47. The Hall–Kier alpha value is -2.40. The van der Waals surface area contributed by atoms with Gasteiger partial charge in [0.25, 0.3) is 0 Å². The predicted octanol–water partition coefficient (Wildman–Crippen LogP) is 4.10. The minimum Gasteiger partial charge on any atom is -0.459 e. The first-order valence-electron chi connectivity index (χ1n) is 8.11. The van der Waals surface area contributed by atoms with Crippen molar-refractivity contribution in [2.75, 3.05) is 18.0 Å². The molecule has 2 aromatic rings. The Labute approximate surface area is 150 Å². The van der Waals surface area contributed by atoms with E-state index in [9.17, 15) is 9.18 Å². The summed E-state index contributed by atoms with van der Waals surface area (Å²) in [4.78, 5) is 18.4. The van der Waals surface area contributed by atoms with Crippen molar-refractivity contribution in [1.29, 1.82) is 0 Å². The van der Waals surface area contributed by atoms with Gasteiger partial charge in [0.1, 0.15) is 17.7 Å². The molecule has 1 aromatic heterocycles. The van der Waals surface area contributed by atoms with Gasteiger partial charge in [-0.15, -0.1) is 0 Å². The van der Waals surface area contributed by atoms with Gasteiger partial charge >= 0.3 is 5.97 Å². The molecule has 0 aliphatic carbocycles. The van der Waals surface area contributed by atoms with Crippen LogP contribution in [0.2, 0.25) is 5.02 Å². The van der Waals surface area contributed by atoms with Crippen molar-refractivity contribution in [2.45, 2.75) is 18.9 Å². The van der Waals surface area contributed by atoms with Crippen LogP contribution in [0.15, 0.2) is 48.7 Å². The van der Waals surface area contributed by atoms with Crippen LogP contribution in [0.4, 0.5) is 10.2 Å². The van der Waals surface area contributed by atoms with Crippen LogP contribution in [0.1, 0.15) is 18.4 Å². The normalized spacial score (nSPS) is 15.5. The van der Waals surface area contributed by atoms with Crippen LogP contribution in [0.25, 0.3) is 6.08 Å². The number of anilines is 1. The number of hydrogen-bond acceptors (Lipinski definition) is 4. The van der Waals surface area contributed by atoms with Gasteiger partial charge in [-0.05, 0) is 35.9 Å². The predicted molar refractivity (Wildman–Crippen MR) is 96.0 cm³/mol. The number of ether oxygens (including phenoxy) is 1. The number of rotatable bonds is 4.